The number of nitrogens with one attached hydrogen (secondary N) is 2. The molecule has 2 aromatic carbocycles. The molecule has 7 heteroatoms. The zero-order valence-corrected chi connectivity index (χ0v) is 18.0. The Balaban J connectivity index is 1.30. The van der Waals surface area contributed by atoms with E-state index in [2.05, 4.69) is 34.9 Å². The summed E-state index contributed by atoms with van der Waals surface area (Å²) in [5.74, 6) is -1.61. The average molecular weight is 437 g/mol. The van der Waals surface area contributed by atoms with Crippen LogP contribution in [0.4, 0.5) is 4.79 Å². The molecule has 2 amide bonds. The lowest BCUT2D eigenvalue weighted by molar-refractivity contribution is -0.142. The maximum Gasteiger partial charge on any atom is 0.407 e. The molecule has 168 valence electrons. The molecule has 0 saturated heterocycles. The van der Waals surface area contributed by atoms with Crippen LogP contribution in [0.15, 0.2) is 48.5 Å². The number of carbonyl (C=O) groups excluding carboxylic acids is 2. The van der Waals surface area contributed by atoms with E-state index in [9.17, 15) is 14.4 Å². The first-order valence-corrected chi connectivity index (χ1v) is 11.1. The normalized spacial score (nSPS) is 20.2. The molecule has 3 atom stereocenters. The van der Waals surface area contributed by atoms with Gasteiger partial charge in [0.2, 0.25) is 5.91 Å². The predicted molar refractivity (Wildman–Crippen MR) is 119 cm³/mol. The van der Waals surface area contributed by atoms with Gasteiger partial charge in [0.1, 0.15) is 12.6 Å². The van der Waals surface area contributed by atoms with Crippen LogP contribution < -0.4 is 10.6 Å². The van der Waals surface area contributed by atoms with Crippen LogP contribution in [-0.2, 0) is 14.3 Å². The molecule has 1 fully saturated rings. The molecule has 3 N–H and O–H groups in total. The van der Waals surface area contributed by atoms with Gasteiger partial charge in [-0.3, -0.25) is 4.79 Å². The first kappa shape index (κ1) is 21.9. The summed E-state index contributed by atoms with van der Waals surface area (Å²) in [4.78, 5) is 36.0. The Labute approximate surface area is 187 Å². The van der Waals surface area contributed by atoms with Gasteiger partial charge in [0.15, 0.2) is 0 Å². The summed E-state index contributed by atoms with van der Waals surface area (Å²) >= 11 is 0. The number of alkyl carbamates (subject to hydrolysis) is 1. The van der Waals surface area contributed by atoms with E-state index in [1.54, 1.807) is 6.92 Å². The highest BCUT2D eigenvalue weighted by Gasteiger charge is 2.33. The third-order valence-electron chi connectivity index (χ3n) is 6.49. The fraction of sp³-hybridized carbons (Fsp3) is 0.400. The third-order valence-corrected chi connectivity index (χ3v) is 6.49. The highest BCUT2D eigenvalue weighted by molar-refractivity contribution is 5.85. The monoisotopic (exact) mass is 436 g/mol. The van der Waals surface area contributed by atoms with E-state index in [0.29, 0.717) is 25.7 Å². The lowest BCUT2D eigenvalue weighted by atomic mass is 9.98. The Morgan fingerprint density at radius 2 is 1.66 bits per heavy atom. The number of hydrogen-bond acceptors (Lipinski definition) is 4. The van der Waals surface area contributed by atoms with Crippen molar-refractivity contribution in [3.63, 3.8) is 0 Å². The number of fused-ring (bicyclic) bond motifs is 3. The summed E-state index contributed by atoms with van der Waals surface area (Å²) in [6.45, 7) is 1.96. The van der Waals surface area contributed by atoms with Gasteiger partial charge in [0.25, 0.3) is 0 Å². The molecular formula is C25H28N2O5. The summed E-state index contributed by atoms with van der Waals surface area (Å²) in [7, 11) is 0. The summed E-state index contributed by atoms with van der Waals surface area (Å²) in [5, 5.41) is 14.6. The Morgan fingerprint density at radius 3 is 2.25 bits per heavy atom. The van der Waals surface area contributed by atoms with Crippen molar-refractivity contribution in [1.82, 2.24) is 10.6 Å². The molecular weight excluding hydrogens is 408 g/mol. The van der Waals surface area contributed by atoms with E-state index in [-0.39, 0.29) is 30.4 Å². The number of aliphatic carboxylic acids is 1. The van der Waals surface area contributed by atoms with E-state index in [4.69, 9.17) is 9.84 Å². The van der Waals surface area contributed by atoms with Gasteiger partial charge < -0.3 is 20.5 Å². The van der Waals surface area contributed by atoms with Crippen molar-refractivity contribution < 1.29 is 24.2 Å². The van der Waals surface area contributed by atoms with Crippen LogP contribution in [0.25, 0.3) is 11.1 Å². The van der Waals surface area contributed by atoms with Crippen molar-refractivity contribution >= 4 is 18.0 Å². The summed E-state index contributed by atoms with van der Waals surface area (Å²) in [5.41, 5.74) is 4.66. The van der Waals surface area contributed by atoms with E-state index in [1.165, 1.54) is 11.1 Å². The zero-order chi connectivity index (χ0) is 22.7. The quantitative estimate of drug-likeness (QED) is 0.614. The molecule has 2 aromatic rings. The van der Waals surface area contributed by atoms with Crippen LogP contribution in [0.5, 0.6) is 0 Å². The molecule has 7 nitrogen and oxygen atoms in total. The number of ether oxygens (including phenoxy) is 1. The van der Waals surface area contributed by atoms with Crippen molar-refractivity contribution in [1.29, 1.82) is 0 Å². The van der Waals surface area contributed by atoms with Crippen molar-refractivity contribution in [2.45, 2.75) is 50.6 Å². The number of carboxylic acids is 1. The summed E-state index contributed by atoms with van der Waals surface area (Å²) in [6, 6.07) is 15.3. The van der Waals surface area contributed by atoms with Gasteiger partial charge >= 0.3 is 12.1 Å². The Bertz CT molecular complexity index is 975. The lowest BCUT2D eigenvalue weighted by Crippen LogP contribution is -2.43. The lowest BCUT2D eigenvalue weighted by Gasteiger charge is -2.18. The topological polar surface area (TPSA) is 105 Å². The molecule has 1 unspecified atom stereocenters. The van der Waals surface area contributed by atoms with Crippen molar-refractivity contribution in [2.24, 2.45) is 5.92 Å². The van der Waals surface area contributed by atoms with Crippen LogP contribution in [0.3, 0.4) is 0 Å². The minimum absolute atomic E-state index is 0.00255. The van der Waals surface area contributed by atoms with E-state index in [0.717, 1.165) is 11.1 Å². The molecule has 0 spiro atoms. The first-order valence-electron chi connectivity index (χ1n) is 11.1. The maximum absolute atomic E-state index is 12.5. The molecule has 1 saturated carbocycles. The van der Waals surface area contributed by atoms with Gasteiger partial charge in [-0.15, -0.1) is 0 Å². The Kier molecular flexibility index (Phi) is 6.44. The smallest absolute Gasteiger partial charge is 0.407 e. The molecule has 0 bridgehead atoms. The number of benzene rings is 2. The summed E-state index contributed by atoms with van der Waals surface area (Å²) < 4.78 is 5.58. The number of hydrogen-bond donors (Lipinski definition) is 3. The predicted octanol–water partition coefficient (Wildman–Crippen LogP) is 3.67. The van der Waals surface area contributed by atoms with Gasteiger partial charge in [-0.1, -0.05) is 55.5 Å². The maximum atomic E-state index is 12.5. The molecule has 4 rings (SSSR count). The number of carboxylic acid groups (broad SMARTS) is 1. The van der Waals surface area contributed by atoms with E-state index >= 15 is 0 Å². The SMILES string of the molecule is CCC(NC(=O)[C@@H]1CC[C@H](NC(=O)OCC2c3ccccc3-c3ccccc32)C1)C(=O)O. The molecule has 32 heavy (non-hydrogen) atoms. The molecule has 0 heterocycles. The van der Waals surface area contributed by atoms with E-state index < -0.39 is 18.1 Å². The van der Waals surface area contributed by atoms with Crippen LogP contribution in [0, 0.1) is 5.92 Å². The molecule has 2 aliphatic carbocycles. The van der Waals surface area contributed by atoms with Gasteiger partial charge in [0, 0.05) is 17.9 Å². The minimum Gasteiger partial charge on any atom is -0.480 e. The fourth-order valence-electron chi connectivity index (χ4n) is 4.79. The van der Waals surface area contributed by atoms with Crippen LogP contribution in [0.2, 0.25) is 0 Å². The highest BCUT2D eigenvalue weighted by atomic mass is 16.5. The van der Waals surface area contributed by atoms with Crippen LogP contribution in [-0.4, -0.2) is 41.8 Å². The number of carbonyl (C=O) groups is 3. The van der Waals surface area contributed by atoms with Gasteiger partial charge in [-0.05, 0) is 47.9 Å². The zero-order valence-electron chi connectivity index (χ0n) is 18.0. The van der Waals surface area contributed by atoms with Gasteiger partial charge in [0.05, 0.1) is 0 Å². The van der Waals surface area contributed by atoms with Crippen molar-refractivity contribution in [2.75, 3.05) is 6.61 Å². The summed E-state index contributed by atoms with van der Waals surface area (Å²) in [6.07, 6.45) is 1.58. The first-order chi connectivity index (χ1) is 15.5. The van der Waals surface area contributed by atoms with E-state index in [1.807, 2.05) is 24.3 Å². The van der Waals surface area contributed by atoms with Gasteiger partial charge in [-0.2, -0.15) is 0 Å². The standard InChI is InChI=1S/C25H28N2O5/c1-2-22(24(29)30)27-23(28)15-11-12-16(13-15)26-25(31)32-14-21-19-9-5-3-7-17(19)18-8-4-6-10-20(18)21/h3-10,15-16,21-22H,2,11-14H2,1H3,(H,26,31)(H,27,28)(H,29,30)/t15-,16+,22?/m1/s1. The second-order valence-corrected chi connectivity index (χ2v) is 8.48. The molecule has 0 aromatic heterocycles. The number of rotatable bonds is 7. The third kappa shape index (κ3) is 4.47. The second kappa shape index (κ2) is 9.42. The highest BCUT2D eigenvalue weighted by Crippen LogP contribution is 2.44. The molecule has 0 radical (unpaired) electrons. The van der Waals surface area contributed by atoms with Crippen molar-refractivity contribution in [3.8, 4) is 11.1 Å². The largest absolute Gasteiger partial charge is 0.480 e. The van der Waals surface area contributed by atoms with Crippen LogP contribution in [0.1, 0.15) is 49.7 Å². The Hall–Kier alpha value is -3.35. The Morgan fingerprint density at radius 1 is 1.03 bits per heavy atom. The number of amides is 2. The molecule has 0 aliphatic heterocycles. The second-order valence-electron chi connectivity index (χ2n) is 8.48. The average Bonchev–Trinajstić information content (AvgIpc) is 3.38. The van der Waals surface area contributed by atoms with Crippen LogP contribution >= 0.6 is 0 Å². The fourth-order valence-corrected chi connectivity index (χ4v) is 4.79. The van der Waals surface area contributed by atoms with Gasteiger partial charge in [-0.25, -0.2) is 9.59 Å². The molecule has 2 aliphatic rings. The van der Waals surface area contributed by atoms with Crippen molar-refractivity contribution in [3.05, 3.63) is 59.7 Å². The minimum atomic E-state index is -1.04.